The third kappa shape index (κ3) is 10.9. The monoisotopic (exact) mass is 629 g/mol. The topological polar surface area (TPSA) is 142 Å². The summed E-state index contributed by atoms with van der Waals surface area (Å²) in [5.41, 5.74) is 2.34. The Morgan fingerprint density at radius 2 is 1.84 bits per heavy atom. The molecular weight excluding hydrogens is 592 g/mol. The second-order valence-corrected chi connectivity index (χ2v) is 12.8. The van der Waals surface area contributed by atoms with Gasteiger partial charge in [-0.15, -0.1) is 6.42 Å². The number of aliphatic hydroxyl groups is 1. The molecule has 13 heteroatoms. The van der Waals surface area contributed by atoms with Crippen molar-refractivity contribution in [1.82, 2.24) is 25.7 Å². The summed E-state index contributed by atoms with van der Waals surface area (Å²) in [5, 5.41) is 23.1. The van der Waals surface area contributed by atoms with E-state index in [4.69, 9.17) is 6.42 Å². The van der Waals surface area contributed by atoms with Gasteiger partial charge in [-0.1, -0.05) is 31.4 Å². The number of hydrogen-bond acceptors (Lipinski definition) is 7. The van der Waals surface area contributed by atoms with Crippen LogP contribution in [0.15, 0.2) is 54.9 Å². The van der Waals surface area contributed by atoms with Crippen molar-refractivity contribution in [2.75, 3.05) is 18.1 Å². The number of carbonyl (C=O) groups is 2. The summed E-state index contributed by atoms with van der Waals surface area (Å²) in [6.07, 6.45) is 7.77. The number of aliphatic hydroxyl groups excluding tert-OH is 1. The predicted octanol–water partition coefficient (Wildman–Crippen LogP) is 2.47. The lowest BCUT2D eigenvalue weighted by Crippen LogP contribution is -2.57. The highest BCUT2D eigenvalue weighted by atomic mass is 32.2. The number of hydrogen-bond donors (Lipinski definition) is 4. The minimum atomic E-state index is -3.78. The van der Waals surface area contributed by atoms with E-state index in [-0.39, 0.29) is 24.3 Å². The van der Waals surface area contributed by atoms with Crippen molar-refractivity contribution in [2.45, 2.75) is 57.8 Å². The van der Waals surface area contributed by atoms with Gasteiger partial charge >= 0.3 is 6.03 Å². The molecule has 4 N–H and O–H groups in total. The molecule has 1 heterocycles. The summed E-state index contributed by atoms with van der Waals surface area (Å²) >= 11 is 0. The van der Waals surface area contributed by atoms with Crippen molar-refractivity contribution >= 4 is 21.8 Å². The van der Waals surface area contributed by atoms with Crippen LogP contribution in [0.5, 0.6) is 0 Å². The molecule has 1 aromatic heterocycles. The van der Waals surface area contributed by atoms with Gasteiger partial charge in [-0.2, -0.15) is 9.78 Å². The van der Waals surface area contributed by atoms with Gasteiger partial charge in [0, 0.05) is 30.9 Å². The lowest BCUT2D eigenvalue weighted by molar-refractivity contribution is -0.124. The van der Waals surface area contributed by atoms with E-state index in [2.05, 4.69) is 27.0 Å². The molecular formula is C31H37F2N5O5S. The van der Waals surface area contributed by atoms with Crippen LogP contribution >= 0.6 is 0 Å². The van der Waals surface area contributed by atoms with Crippen molar-refractivity contribution in [1.29, 1.82) is 0 Å². The van der Waals surface area contributed by atoms with Crippen LogP contribution in [0.4, 0.5) is 13.6 Å². The number of amides is 2. The third-order valence-electron chi connectivity index (χ3n) is 6.71. The Hall–Kier alpha value is -4.12. The van der Waals surface area contributed by atoms with Crippen molar-refractivity contribution in [3.8, 4) is 12.3 Å². The van der Waals surface area contributed by atoms with Crippen LogP contribution < -0.4 is 16.0 Å². The quantitative estimate of drug-likeness (QED) is 0.189. The van der Waals surface area contributed by atoms with Gasteiger partial charge in [-0.05, 0) is 60.7 Å². The first kappa shape index (κ1) is 34.4. The maximum absolute atomic E-state index is 14.0. The van der Waals surface area contributed by atoms with Crippen LogP contribution in [-0.4, -0.2) is 71.5 Å². The zero-order chi connectivity index (χ0) is 32.3. The molecule has 2 aromatic carbocycles. The van der Waals surface area contributed by atoms with Gasteiger partial charge in [0.15, 0.2) is 9.84 Å². The van der Waals surface area contributed by atoms with E-state index < -0.39 is 57.4 Å². The Labute approximate surface area is 256 Å². The minimum Gasteiger partial charge on any atom is -0.390 e. The molecule has 0 saturated heterocycles. The van der Waals surface area contributed by atoms with E-state index in [1.54, 1.807) is 25.1 Å². The summed E-state index contributed by atoms with van der Waals surface area (Å²) in [6.45, 7) is 3.79. The summed E-state index contributed by atoms with van der Waals surface area (Å²) < 4.78 is 54.5. The highest BCUT2D eigenvalue weighted by molar-refractivity contribution is 7.91. The number of aryl methyl sites for hydroxylation is 1. The normalized spacial score (nSPS) is 13.5. The van der Waals surface area contributed by atoms with E-state index >= 15 is 0 Å². The fraction of sp³-hybridized carbons (Fsp3) is 0.387. The van der Waals surface area contributed by atoms with Crippen molar-refractivity contribution in [2.24, 2.45) is 0 Å². The van der Waals surface area contributed by atoms with Crippen LogP contribution in [-0.2, 0) is 27.6 Å². The molecule has 0 spiro atoms. The molecule has 3 atom stereocenters. The Morgan fingerprint density at radius 1 is 1.11 bits per heavy atom. The largest absolute Gasteiger partial charge is 0.390 e. The minimum absolute atomic E-state index is 0.0542. The van der Waals surface area contributed by atoms with Crippen LogP contribution in [0.2, 0.25) is 0 Å². The molecule has 44 heavy (non-hydrogen) atoms. The van der Waals surface area contributed by atoms with Gasteiger partial charge in [-0.25, -0.2) is 22.0 Å². The molecule has 2 amide bonds. The molecule has 0 aliphatic heterocycles. The number of rotatable bonds is 15. The van der Waals surface area contributed by atoms with Crippen molar-refractivity contribution in [3.05, 3.63) is 88.7 Å². The number of nitrogens with zero attached hydrogens (tertiary/aromatic N) is 2. The number of sulfone groups is 1. The molecule has 3 aromatic rings. The summed E-state index contributed by atoms with van der Waals surface area (Å²) in [4.78, 5) is 26.4. The predicted molar refractivity (Wildman–Crippen MR) is 162 cm³/mol. The summed E-state index contributed by atoms with van der Waals surface area (Å²) in [5.74, 6) is -0.930. The zero-order valence-electron chi connectivity index (χ0n) is 24.6. The van der Waals surface area contributed by atoms with Crippen LogP contribution in [0.1, 0.15) is 42.0 Å². The molecule has 3 rings (SSSR count). The van der Waals surface area contributed by atoms with E-state index in [0.29, 0.717) is 36.6 Å². The molecule has 0 fully saturated rings. The maximum atomic E-state index is 14.0. The highest BCUT2D eigenvalue weighted by Crippen LogP contribution is 2.13. The number of halogens is 2. The van der Waals surface area contributed by atoms with Gasteiger partial charge < -0.3 is 21.1 Å². The van der Waals surface area contributed by atoms with Gasteiger partial charge in [0.25, 0.3) is 0 Å². The summed E-state index contributed by atoms with van der Waals surface area (Å²) in [6, 6.07) is 6.52. The zero-order valence-corrected chi connectivity index (χ0v) is 25.4. The van der Waals surface area contributed by atoms with Gasteiger partial charge in [0.1, 0.15) is 17.7 Å². The highest BCUT2D eigenvalue weighted by Gasteiger charge is 2.31. The van der Waals surface area contributed by atoms with Crippen LogP contribution in [0, 0.1) is 30.9 Å². The first-order valence-electron chi connectivity index (χ1n) is 14.1. The second-order valence-electron chi connectivity index (χ2n) is 10.6. The summed E-state index contributed by atoms with van der Waals surface area (Å²) in [7, 11) is -3.78. The van der Waals surface area contributed by atoms with E-state index in [1.165, 1.54) is 12.4 Å². The second kappa shape index (κ2) is 16.1. The average Bonchev–Trinajstić information content (AvgIpc) is 3.41. The molecule has 0 saturated carbocycles. The Bertz CT molecular complexity index is 1570. The first-order chi connectivity index (χ1) is 20.9. The molecule has 10 nitrogen and oxygen atoms in total. The van der Waals surface area contributed by atoms with E-state index in [9.17, 15) is 31.9 Å². The van der Waals surface area contributed by atoms with Crippen molar-refractivity contribution in [3.63, 3.8) is 0 Å². The Morgan fingerprint density at radius 3 is 2.48 bits per heavy atom. The standard InChI is InChI=1S/C31H37F2N5O5S/c1-4-6-10-44(42,43)20-28(37-31(41)38-19-21(3)16-35-38)30(40)36-27(14-24-12-25(32)15-26(33)13-24)29(39)18-34-17-23-9-7-8-22(5-2)11-23/h2,7-9,11-13,15-16,19,27-29,34,39H,4,6,10,14,17-18,20H2,1,3H3,(H,36,40)(H,37,41)/t27-,28+,29+/m0/s1. The number of terminal acetylenes is 1. The van der Waals surface area contributed by atoms with E-state index in [0.717, 1.165) is 22.4 Å². The number of unbranched alkanes of at least 4 members (excludes halogenated alkanes) is 1. The molecule has 236 valence electrons. The molecule has 0 aliphatic carbocycles. The lowest BCUT2D eigenvalue weighted by atomic mass is 10.00. The first-order valence-corrected chi connectivity index (χ1v) is 15.9. The third-order valence-corrected chi connectivity index (χ3v) is 8.46. The smallest absolute Gasteiger partial charge is 0.342 e. The Balaban J connectivity index is 1.82. The SMILES string of the molecule is C#Cc1cccc(CNC[C@@H](O)[C@H](Cc2cc(F)cc(F)c2)NC(=O)[C@@H](CS(=O)(=O)CCCC)NC(=O)n2cc(C)cn2)c1. The Kier molecular flexibility index (Phi) is 12.6. The molecule has 0 radical (unpaired) electrons. The molecule has 0 aliphatic rings. The van der Waals surface area contributed by atoms with Gasteiger partial charge in [-0.3, -0.25) is 4.79 Å². The van der Waals surface area contributed by atoms with E-state index in [1.807, 2.05) is 13.0 Å². The molecule has 0 unspecified atom stereocenters. The lowest BCUT2D eigenvalue weighted by Gasteiger charge is -2.27. The van der Waals surface area contributed by atoms with Gasteiger partial charge in [0.2, 0.25) is 5.91 Å². The molecule has 0 bridgehead atoms. The van der Waals surface area contributed by atoms with Crippen molar-refractivity contribution < 1.29 is 31.9 Å². The number of carbonyl (C=O) groups excluding carboxylic acids is 2. The fourth-order valence-electron chi connectivity index (χ4n) is 4.45. The number of aromatic nitrogens is 2. The fourth-order valence-corrected chi connectivity index (χ4v) is 6.09. The van der Waals surface area contributed by atoms with Gasteiger partial charge in [0.05, 0.1) is 29.8 Å². The average molecular weight is 630 g/mol. The van der Waals surface area contributed by atoms with Crippen LogP contribution in [0.25, 0.3) is 0 Å². The number of nitrogens with one attached hydrogen (secondary N) is 3. The van der Waals surface area contributed by atoms with Crippen LogP contribution in [0.3, 0.4) is 0 Å². The number of benzene rings is 2. The maximum Gasteiger partial charge on any atom is 0.342 e.